The van der Waals surface area contributed by atoms with Crippen LogP contribution in [0.5, 0.6) is 5.75 Å². The molecule has 24 heavy (non-hydrogen) atoms. The van der Waals surface area contributed by atoms with Gasteiger partial charge in [0.25, 0.3) is 0 Å². The zero-order chi connectivity index (χ0) is 17.3. The Balaban J connectivity index is 1.94. The van der Waals surface area contributed by atoms with Crippen LogP contribution in [0.3, 0.4) is 0 Å². The number of rotatable bonds is 4. The number of carbonyl (C=O) groups excluding carboxylic acids is 2. The highest BCUT2D eigenvalue weighted by molar-refractivity contribution is 6.50. The Morgan fingerprint density at radius 2 is 1.62 bits per heavy atom. The number of fused-ring (bicyclic) bond motifs is 1. The number of ketones is 2. The van der Waals surface area contributed by atoms with Crippen molar-refractivity contribution >= 4 is 36.2 Å². The first-order valence-corrected chi connectivity index (χ1v) is 7.33. The van der Waals surface area contributed by atoms with Crippen LogP contribution in [-0.2, 0) is 0 Å². The van der Waals surface area contributed by atoms with Crippen LogP contribution < -0.4 is 9.97 Å². The second kappa shape index (κ2) is 6.49. The number of carbonyl (C=O) groups is 2. The quantitative estimate of drug-likeness (QED) is 0.735. The van der Waals surface area contributed by atoms with Gasteiger partial charge in [0, 0.05) is 22.9 Å². The fraction of sp³-hybridized carbons (Fsp3) is 0. The molecule has 0 heterocycles. The molecule has 2 aromatic carbocycles. The largest absolute Gasteiger partial charge is 0.707 e. The Hall–Kier alpha value is -2.61. The minimum absolute atomic E-state index is 0.0398. The molecule has 0 spiro atoms. The first kappa shape index (κ1) is 16.3. The monoisotopic (exact) mass is 343 g/mol. The molecule has 8 heteroatoms. The summed E-state index contributed by atoms with van der Waals surface area (Å²) in [6.07, 6.45) is 0. The second-order valence-corrected chi connectivity index (χ2v) is 5.37. The van der Waals surface area contributed by atoms with Crippen LogP contribution in [0.15, 0.2) is 59.3 Å². The summed E-state index contributed by atoms with van der Waals surface area (Å²) in [5.74, 6) is -0.669. The first-order chi connectivity index (χ1) is 11.5. The van der Waals surface area contributed by atoms with Crippen LogP contribution in [0.4, 0.5) is 5.69 Å². The molecule has 1 aliphatic rings. The molecular weight excluding hydrogens is 332 g/mol. The molecule has 1 aliphatic carbocycles. The number of anilines is 1. The van der Waals surface area contributed by atoms with Crippen molar-refractivity contribution in [3.63, 3.8) is 0 Å². The number of Topliss-reactive ketones (excluding diaryl/α,β-unsaturated/α-hetero) is 2. The highest BCUT2D eigenvalue weighted by atomic mass is 35.5. The fourth-order valence-electron chi connectivity index (χ4n) is 2.37. The third kappa shape index (κ3) is 3.05. The lowest BCUT2D eigenvalue weighted by Gasteiger charge is -2.19. The average Bonchev–Trinajstić information content (AvgIpc) is 2.56. The number of nitrogens with one attached hydrogen (secondary N) is 1. The van der Waals surface area contributed by atoms with E-state index in [-0.39, 0.29) is 27.6 Å². The van der Waals surface area contributed by atoms with Gasteiger partial charge in [0.2, 0.25) is 11.6 Å². The highest BCUT2D eigenvalue weighted by Crippen LogP contribution is 2.30. The van der Waals surface area contributed by atoms with Crippen molar-refractivity contribution in [2.45, 2.75) is 0 Å². The summed E-state index contributed by atoms with van der Waals surface area (Å²) in [4.78, 5) is 24.9. The lowest BCUT2D eigenvalue weighted by Crippen LogP contribution is -2.24. The number of hydrogen-bond acceptors (Lipinski definition) is 6. The molecule has 0 aromatic heterocycles. The SMILES string of the molecule is O=C1C(Cl)=C(Nc2cccc(OB(O)O)c2)C(=O)c2ccccc21. The van der Waals surface area contributed by atoms with Gasteiger partial charge < -0.3 is 20.0 Å². The minimum Gasteiger partial charge on any atom is -0.512 e. The maximum Gasteiger partial charge on any atom is 0.707 e. The molecule has 0 amide bonds. The molecule has 6 nitrogen and oxygen atoms in total. The molecule has 0 atom stereocenters. The molecular formula is C16H11BClNO5. The van der Waals surface area contributed by atoms with Crippen LogP contribution in [-0.4, -0.2) is 28.9 Å². The molecule has 0 bridgehead atoms. The third-order valence-corrected chi connectivity index (χ3v) is 3.77. The lowest BCUT2D eigenvalue weighted by molar-refractivity contribution is 0.0982. The molecule has 0 saturated carbocycles. The zero-order valence-corrected chi connectivity index (χ0v) is 12.9. The fourth-order valence-corrected chi connectivity index (χ4v) is 2.60. The van der Waals surface area contributed by atoms with Crippen molar-refractivity contribution < 1.29 is 24.3 Å². The Labute approximate surface area is 142 Å². The van der Waals surface area contributed by atoms with Crippen molar-refractivity contribution in [2.75, 3.05) is 5.32 Å². The van der Waals surface area contributed by atoms with Crippen molar-refractivity contribution in [3.05, 3.63) is 70.4 Å². The molecule has 0 radical (unpaired) electrons. The van der Waals surface area contributed by atoms with Crippen LogP contribution in [0.2, 0.25) is 0 Å². The first-order valence-electron chi connectivity index (χ1n) is 6.95. The van der Waals surface area contributed by atoms with Gasteiger partial charge in [-0.1, -0.05) is 41.9 Å². The summed E-state index contributed by atoms with van der Waals surface area (Å²) >= 11 is 6.07. The topological polar surface area (TPSA) is 95.9 Å². The van der Waals surface area contributed by atoms with Gasteiger partial charge in [-0.3, -0.25) is 9.59 Å². The Bertz CT molecular complexity index is 865. The van der Waals surface area contributed by atoms with Gasteiger partial charge in [-0.2, -0.15) is 0 Å². The Kier molecular flexibility index (Phi) is 4.39. The van der Waals surface area contributed by atoms with Crippen molar-refractivity contribution in [3.8, 4) is 5.75 Å². The Morgan fingerprint density at radius 3 is 2.29 bits per heavy atom. The van der Waals surface area contributed by atoms with E-state index in [0.717, 1.165) is 0 Å². The standard InChI is InChI=1S/C16H11BClNO5/c18-13-14(16(21)12-7-2-1-6-11(12)15(13)20)19-9-4-3-5-10(8-9)24-17(22)23/h1-8,19,22-23H. The summed E-state index contributed by atoms with van der Waals surface area (Å²) in [5, 5.41) is 20.3. The predicted octanol–water partition coefficient (Wildman–Crippen LogP) is 1.98. The van der Waals surface area contributed by atoms with E-state index < -0.39 is 18.9 Å². The zero-order valence-electron chi connectivity index (χ0n) is 12.2. The molecule has 0 unspecified atom stereocenters. The van der Waals surface area contributed by atoms with E-state index in [1.54, 1.807) is 36.4 Å². The van der Waals surface area contributed by atoms with Gasteiger partial charge in [0.1, 0.15) is 16.5 Å². The van der Waals surface area contributed by atoms with Gasteiger partial charge in [0.05, 0.1) is 0 Å². The van der Waals surface area contributed by atoms with Crippen LogP contribution in [0, 0.1) is 0 Å². The van der Waals surface area contributed by atoms with E-state index in [1.807, 2.05) is 0 Å². The molecule has 3 rings (SSSR count). The second-order valence-electron chi connectivity index (χ2n) is 4.99. The molecule has 0 fully saturated rings. The summed E-state index contributed by atoms with van der Waals surface area (Å²) in [6.45, 7) is 0. The normalized spacial score (nSPS) is 13.6. The molecule has 0 saturated heterocycles. The van der Waals surface area contributed by atoms with Gasteiger partial charge in [-0.25, -0.2) is 0 Å². The van der Waals surface area contributed by atoms with Crippen LogP contribution in [0.1, 0.15) is 20.7 Å². The smallest absolute Gasteiger partial charge is 0.512 e. The van der Waals surface area contributed by atoms with Gasteiger partial charge in [-0.15, -0.1) is 0 Å². The van der Waals surface area contributed by atoms with E-state index in [1.165, 1.54) is 12.1 Å². The van der Waals surface area contributed by atoms with E-state index >= 15 is 0 Å². The van der Waals surface area contributed by atoms with Gasteiger partial charge >= 0.3 is 7.32 Å². The van der Waals surface area contributed by atoms with Gasteiger partial charge in [-0.05, 0) is 12.1 Å². The molecule has 0 aliphatic heterocycles. The molecule has 120 valence electrons. The van der Waals surface area contributed by atoms with E-state index in [0.29, 0.717) is 5.69 Å². The highest BCUT2D eigenvalue weighted by Gasteiger charge is 2.31. The number of allylic oxidation sites excluding steroid dienone is 2. The van der Waals surface area contributed by atoms with Crippen LogP contribution in [0.25, 0.3) is 0 Å². The van der Waals surface area contributed by atoms with E-state index in [4.69, 9.17) is 26.3 Å². The third-order valence-electron chi connectivity index (χ3n) is 3.41. The van der Waals surface area contributed by atoms with Crippen molar-refractivity contribution in [1.82, 2.24) is 0 Å². The Morgan fingerprint density at radius 1 is 0.958 bits per heavy atom. The maximum atomic E-state index is 12.6. The van der Waals surface area contributed by atoms with Gasteiger partial charge in [0.15, 0.2) is 0 Å². The number of benzene rings is 2. The van der Waals surface area contributed by atoms with E-state index in [9.17, 15) is 9.59 Å². The van der Waals surface area contributed by atoms with Crippen molar-refractivity contribution in [1.29, 1.82) is 0 Å². The summed E-state index contributed by atoms with van der Waals surface area (Å²) < 4.78 is 4.75. The number of hydrogen-bond donors (Lipinski definition) is 3. The summed E-state index contributed by atoms with van der Waals surface area (Å²) in [7, 11) is -1.96. The van der Waals surface area contributed by atoms with E-state index in [2.05, 4.69) is 5.32 Å². The summed E-state index contributed by atoms with van der Waals surface area (Å²) in [6, 6.07) is 12.6. The van der Waals surface area contributed by atoms with Crippen LogP contribution >= 0.6 is 11.6 Å². The van der Waals surface area contributed by atoms with Crippen molar-refractivity contribution in [2.24, 2.45) is 0 Å². The average molecular weight is 344 g/mol. The summed E-state index contributed by atoms with van der Waals surface area (Å²) in [5.41, 5.74) is 0.898. The maximum absolute atomic E-state index is 12.6. The predicted molar refractivity (Wildman–Crippen MR) is 88.9 cm³/mol. The number of halogens is 1. The lowest BCUT2D eigenvalue weighted by atomic mass is 9.92. The molecule has 2 aromatic rings. The minimum atomic E-state index is -1.96. The molecule has 3 N–H and O–H groups in total.